The largest absolute Gasteiger partial charge is 0.375 e. The number of hydrogen-bond acceptors (Lipinski definition) is 2. The van der Waals surface area contributed by atoms with Gasteiger partial charge in [-0.15, -0.1) is 0 Å². The molecule has 0 saturated heterocycles. The van der Waals surface area contributed by atoms with Crippen LogP contribution < -0.4 is 5.32 Å². The molecule has 1 saturated carbocycles. The van der Waals surface area contributed by atoms with Gasteiger partial charge in [0.1, 0.15) is 0 Å². The van der Waals surface area contributed by atoms with Crippen molar-refractivity contribution < 1.29 is 4.74 Å². The molecule has 2 heteroatoms. The van der Waals surface area contributed by atoms with Crippen LogP contribution in [0, 0.1) is 5.92 Å². The van der Waals surface area contributed by atoms with Gasteiger partial charge in [0.25, 0.3) is 0 Å². The zero-order chi connectivity index (χ0) is 15.1. The van der Waals surface area contributed by atoms with Gasteiger partial charge in [-0.05, 0) is 65.3 Å². The van der Waals surface area contributed by atoms with Crippen molar-refractivity contribution in [2.24, 2.45) is 5.92 Å². The maximum absolute atomic E-state index is 6.39. The quantitative estimate of drug-likeness (QED) is 0.614. The lowest BCUT2D eigenvalue weighted by Crippen LogP contribution is -2.46. The summed E-state index contributed by atoms with van der Waals surface area (Å²) in [4.78, 5) is 0. The average molecular weight is 284 g/mol. The Kier molecular flexibility index (Phi) is 7.53. The third kappa shape index (κ3) is 6.58. The van der Waals surface area contributed by atoms with E-state index in [0.717, 1.165) is 19.1 Å². The minimum absolute atomic E-state index is 0.206. The Morgan fingerprint density at radius 3 is 2.35 bits per heavy atom. The maximum Gasteiger partial charge on any atom is 0.0694 e. The van der Waals surface area contributed by atoms with E-state index in [4.69, 9.17) is 4.74 Å². The molecule has 0 aliphatic heterocycles. The smallest absolute Gasteiger partial charge is 0.0694 e. The molecule has 0 amide bonds. The maximum atomic E-state index is 6.39. The van der Waals surface area contributed by atoms with E-state index in [-0.39, 0.29) is 11.1 Å². The highest BCUT2D eigenvalue weighted by atomic mass is 16.5. The van der Waals surface area contributed by atoms with Crippen LogP contribution in [-0.2, 0) is 4.74 Å². The first kappa shape index (κ1) is 18.0. The molecule has 0 aromatic carbocycles. The first-order valence-electron chi connectivity index (χ1n) is 8.80. The van der Waals surface area contributed by atoms with E-state index in [2.05, 4.69) is 39.9 Å². The molecule has 1 fully saturated rings. The Labute approximate surface area is 127 Å². The van der Waals surface area contributed by atoms with Gasteiger partial charge >= 0.3 is 0 Å². The monoisotopic (exact) mass is 283 g/mol. The van der Waals surface area contributed by atoms with Crippen molar-refractivity contribution in [3.63, 3.8) is 0 Å². The van der Waals surface area contributed by atoms with Crippen LogP contribution in [0.3, 0.4) is 0 Å². The molecule has 1 aliphatic rings. The molecule has 2 nitrogen and oxygen atoms in total. The van der Waals surface area contributed by atoms with Crippen LogP contribution in [0.4, 0.5) is 0 Å². The molecule has 1 rings (SSSR count). The van der Waals surface area contributed by atoms with E-state index in [1.54, 1.807) is 0 Å². The minimum Gasteiger partial charge on any atom is -0.375 e. The van der Waals surface area contributed by atoms with Gasteiger partial charge in [-0.2, -0.15) is 0 Å². The molecule has 0 aromatic heterocycles. The summed E-state index contributed by atoms with van der Waals surface area (Å²) in [6, 6.07) is 0. The highest BCUT2D eigenvalue weighted by molar-refractivity contribution is 4.91. The second-order valence-electron chi connectivity index (χ2n) is 7.69. The predicted octanol–water partition coefficient (Wildman–Crippen LogP) is 4.92. The van der Waals surface area contributed by atoms with Crippen LogP contribution in [0.1, 0.15) is 86.0 Å². The summed E-state index contributed by atoms with van der Waals surface area (Å²) in [5, 5.41) is 3.60. The van der Waals surface area contributed by atoms with E-state index in [1.807, 2.05) is 0 Å². The Balaban J connectivity index is 2.29. The molecule has 1 atom stereocenters. The highest BCUT2D eigenvalue weighted by Gasteiger charge is 2.38. The van der Waals surface area contributed by atoms with Gasteiger partial charge in [-0.1, -0.05) is 33.1 Å². The molecule has 120 valence electrons. The van der Waals surface area contributed by atoms with E-state index < -0.39 is 0 Å². The summed E-state index contributed by atoms with van der Waals surface area (Å²) in [5.41, 5.74) is 0.426. The lowest BCUT2D eigenvalue weighted by Gasteiger charge is -2.43. The number of nitrogens with one attached hydrogen (secondary N) is 1. The second-order valence-corrected chi connectivity index (χ2v) is 7.69. The van der Waals surface area contributed by atoms with Crippen LogP contribution in [-0.4, -0.2) is 24.3 Å². The van der Waals surface area contributed by atoms with Crippen molar-refractivity contribution in [1.29, 1.82) is 0 Å². The van der Waals surface area contributed by atoms with Gasteiger partial charge < -0.3 is 10.1 Å². The topological polar surface area (TPSA) is 21.3 Å². The van der Waals surface area contributed by atoms with Gasteiger partial charge in [0.05, 0.1) is 12.2 Å². The first-order chi connectivity index (χ1) is 9.41. The molecule has 0 bridgehead atoms. The van der Waals surface area contributed by atoms with E-state index in [1.165, 1.54) is 51.4 Å². The fourth-order valence-electron chi connectivity index (χ4n) is 2.90. The Morgan fingerprint density at radius 2 is 1.90 bits per heavy atom. The van der Waals surface area contributed by atoms with Gasteiger partial charge in [0, 0.05) is 5.54 Å². The molecule has 20 heavy (non-hydrogen) atoms. The fourth-order valence-corrected chi connectivity index (χ4v) is 2.90. The Hall–Kier alpha value is -0.0800. The van der Waals surface area contributed by atoms with Crippen molar-refractivity contribution in [1.82, 2.24) is 5.32 Å². The Bertz CT molecular complexity index is 253. The summed E-state index contributed by atoms with van der Waals surface area (Å²) < 4.78 is 6.39. The Morgan fingerprint density at radius 1 is 1.20 bits per heavy atom. The SMILES string of the molecule is CCCCC(CC)COC1(CCNC(C)(C)C)CCC1. The van der Waals surface area contributed by atoms with Crippen molar-refractivity contribution >= 4 is 0 Å². The normalized spacial score (nSPS) is 19.6. The zero-order valence-electron chi connectivity index (χ0n) is 14.6. The molecule has 1 N–H and O–H groups in total. The van der Waals surface area contributed by atoms with Crippen LogP contribution in [0.5, 0.6) is 0 Å². The standard InChI is InChI=1S/C18H37NO/c1-6-8-10-16(7-2)15-20-18(11-9-12-18)13-14-19-17(3,4)5/h16,19H,6-15H2,1-5H3. The number of rotatable bonds is 10. The van der Waals surface area contributed by atoms with Gasteiger partial charge in [-0.25, -0.2) is 0 Å². The molecule has 0 heterocycles. The van der Waals surface area contributed by atoms with E-state index >= 15 is 0 Å². The lowest BCUT2D eigenvalue weighted by atomic mass is 9.77. The fraction of sp³-hybridized carbons (Fsp3) is 1.00. The van der Waals surface area contributed by atoms with Crippen molar-refractivity contribution in [2.45, 2.75) is 97.1 Å². The van der Waals surface area contributed by atoms with E-state index in [9.17, 15) is 0 Å². The third-order valence-corrected chi connectivity index (χ3v) is 4.67. The summed E-state index contributed by atoms with van der Waals surface area (Å²) in [5.74, 6) is 0.767. The second kappa shape index (κ2) is 8.38. The summed E-state index contributed by atoms with van der Waals surface area (Å²) in [6.45, 7) is 13.3. The number of unbranched alkanes of at least 4 members (excludes halogenated alkanes) is 1. The van der Waals surface area contributed by atoms with Crippen molar-refractivity contribution in [3.8, 4) is 0 Å². The zero-order valence-corrected chi connectivity index (χ0v) is 14.6. The van der Waals surface area contributed by atoms with Crippen molar-refractivity contribution in [2.75, 3.05) is 13.2 Å². The van der Waals surface area contributed by atoms with Crippen LogP contribution in [0.25, 0.3) is 0 Å². The van der Waals surface area contributed by atoms with Crippen LogP contribution >= 0.6 is 0 Å². The number of hydrogen-bond donors (Lipinski definition) is 1. The molecular formula is C18H37NO. The minimum atomic E-state index is 0.206. The molecule has 1 aliphatic carbocycles. The van der Waals surface area contributed by atoms with Crippen molar-refractivity contribution in [3.05, 3.63) is 0 Å². The average Bonchev–Trinajstić information content (AvgIpc) is 2.33. The summed E-state index contributed by atoms with van der Waals surface area (Å²) in [6.07, 6.45) is 10.3. The third-order valence-electron chi connectivity index (χ3n) is 4.67. The molecule has 0 radical (unpaired) electrons. The molecule has 0 spiro atoms. The van der Waals surface area contributed by atoms with Gasteiger partial charge in [0.2, 0.25) is 0 Å². The predicted molar refractivity (Wildman–Crippen MR) is 88.2 cm³/mol. The highest BCUT2D eigenvalue weighted by Crippen LogP contribution is 2.39. The van der Waals surface area contributed by atoms with Crippen LogP contribution in [0.15, 0.2) is 0 Å². The lowest BCUT2D eigenvalue weighted by molar-refractivity contribution is -0.117. The van der Waals surface area contributed by atoms with E-state index in [0.29, 0.717) is 0 Å². The molecule has 1 unspecified atom stereocenters. The summed E-state index contributed by atoms with van der Waals surface area (Å²) >= 11 is 0. The van der Waals surface area contributed by atoms with Crippen LogP contribution in [0.2, 0.25) is 0 Å². The number of ether oxygens (including phenoxy) is 1. The first-order valence-corrected chi connectivity index (χ1v) is 8.80. The van der Waals surface area contributed by atoms with Gasteiger partial charge in [-0.3, -0.25) is 0 Å². The molecule has 0 aromatic rings. The summed E-state index contributed by atoms with van der Waals surface area (Å²) in [7, 11) is 0. The van der Waals surface area contributed by atoms with Gasteiger partial charge in [0.15, 0.2) is 0 Å². The molecular weight excluding hydrogens is 246 g/mol.